The lowest BCUT2D eigenvalue weighted by molar-refractivity contribution is 0.111. The third-order valence-corrected chi connectivity index (χ3v) is 4.51. The summed E-state index contributed by atoms with van der Waals surface area (Å²) < 4.78 is 1.77. The number of carbonyl (C=O) groups excluding carboxylic acids is 2. The lowest BCUT2D eigenvalue weighted by Gasteiger charge is -2.10. The van der Waals surface area contributed by atoms with Crippen molar-refractivity contribution < 1.29 is 9.59 Å². The van der Waals surface area contributed by atoms with E-state index >= 15 is 0 Å². The summed E-state index contributed by atoms with van der Waals surface area (Å²) in [6.07, 6.45) is 1.68. The predicted octanol–water partition coefficient (Wildman–Crippen LogP) is 4.19. The van der Waals surface area contributed by atoms with Gasteiger partial charge in [0, 0.05) is 18.3 Å². The van der Waals surface area contributed by atoms with Crippen molar-refractivity contribution in [3.8, 4) is 11.1 Å². The number of rotatable bonds is 3. The van der Waals surface area contributed by atoms with Crippen LogP contribution in [0.25, 0.3) is 11.1 Å². The highest BCUT2D eigenvalue weighted by Crippen LogP contribution is 2.30. The van der Waals surface area contributed by atoms with Crippen LogP contribution >= 0.6 is 45.2 Å². The molecule has 0 radical (unpaired) electrons. The topological polar surface area (TPSA) is 34.1 Å². The fraction of sp³-hybridized carbons (Fsp3) is 0. The summed E-state index contributed by atoms with van der Waals surface area (Å²) in [5.41, 5.74) is 2.86. The first-order valence-corrected chi connectivity index (χ1v) is 7.32. The number of halogens is 2. The van der Waals surface area contributed by atoms with Crippen LogP contribution in [0.5, 0.6) is 0 Å². The average Bonchev–Trinajstić information content (AvgIpc) is 2.38. The lowest BCUT2D eigenvalue weighted by atomic mass is 9.96. The van der Waals surface area contributed by atoms with E-state index in [0.29, 0.717) is 11.1 Å². The molecule has 0 aliphatic carbocycles. The Morgan fingerprint density at radius 1 is 0.722 bits per heavy atom. The Kier molecular flexibility index (Phi) is 4.50. The lowest BCUT2D eigenvalue weighted by Crippen LogP contribution is -1.96. The van der Waals surface area contributed by atoms with Crippen molar-refractivity contribution in [2.45, 2.75) is 0 Å². The molecule has 2 aromatic rings. The molecule has 4 heteroatoms. The molecule has 0 aromatic heterocycles. The standard InChI is InChI=1S/C14H8I2O2/c15-13-5-1-3-9(11(13)7-17)10-4-2-6-14(16)12(10)8-18/h1-8H. The maximum absolute atomic E-state index is 11.2. The zero-order valence-electron chi connectivity index (χ0n) is 9.19. The Morgan fingerprint density at radius 2 is 1.11 bits per heavy atom. The van der Waals surface area contributed by atoms with E-state index < -0.39 is 0 Å². The first kappa shape index (κ1) is 13.7. The molecule has 2 rings (SSSR count). The molecule has 0 atom stereocenters. The highest BCUT2D eigenvalue weighted by molar-refractivity contribution is 14.1. The van der Waals surface area contributed by atoms with E-state index in [9.17, 15) is 9.59 Å². The zero-order valence-corrected chi connectivity index (χ0v) is 13.5. The van der Waals surface area contributed by atoms with Crippen LogP contribution in [-0.2, 0) is 0 Å². The highest BCUT2D eigenvalue weighted by Gasteiger charge is 2.12. The van der Waals surface area contributed by atoms with Gasteiger partial charge in [0.1, 0.15) is 0 Å². The summed E-state index contributed by atoms with van der Waals surface area (Å²) >= 11 is 4.25. The summed E-state index contributed by atoms with van der Waals surface area (Å²) in [7, 11) is 0. The Morgan fingerprint density at radius 3 is 1.44 bits per heavy atom. The molecule has 0 fully saturated rings. The molecule has 90 valence electrons. The third kappa shape index (κ3) is 2.49. The van der Waals surface area contributed by atoms with E-state index in [2.05, 4.69) is 45.2 Å². The maximum atomic E-state index is 11.2. The van der Waals surface area contributed by atoms with Gasteiger partial charge in [-0.2, -0.15) is 0 Å². The fourth-order valence-electron chi connectivity index (χ4n) is 1.78. The second kappa shape index (κ2) is 5.92. The molecule has 0 unspecified atom stereocenters. The van der Waals surface area contributed by atoms with Crippen molar-refractivity contribution >= 4 is 57.8 Å². The van der Waals surface area contributed by atoms with E-state index in [1.54, 1.807) is 0 Å². The van der Waals surface area contributed by atoms with Crippen LogP contribution < -0.4 is 0 Å². The van der Waals surface area contributed by atoms with Gasteiger partial charge in [0.05, 0.1) is 0 Å². The van der Waals surface area contributed by atoms with Gasteiger partial charge in [-0.05, 0) is 68.4 Å². The number of carbonyl (C=O) groups is 2. The van der Waals surface area contributed by atoms with E-state index in [1.165, 1.54) is 0 Å². The summed E-state index contributed by atoms with van der Waals surface area (Å²) in [6.45, 7) is 0. The van der Waals surface area contributed by atoms with E-state index in [4.69, 9.17) is 0 Å². The van der Waals surface area contributed by atoms with Crippen molar-refractivity contribution in [3.63, 3.8) is 0 Å². The van der Waals surface area contributed by atoms with E-state index in [0.717, 1.165) is 30.8 Å². The first-order chi connectivity index (χ1) is 8.69. The van der Waals surface area contributed by atoms with Crippen LogP contribution in [-0.4, -0.2) is 12.6 Å². The zero-order chi connectivity index (χ0) is 13.1. The minimum atomic E-state index is 0.628. The molecule has 0 bridgehead atoms. The van der Waals surface area contributed by atoms with Crippen LogP contribution in [0.3, 0.4) is 0 Å². The first-order valence-electron chi connectivity index (χ1n) is 5.16. The van der Waals surface area contributed by atoms with Crippen LogP contribution in [0.4, 0.5) is 0 Å². The minimum absolute atomic E-state index is 0.628. The second-order valence-corrected chi connectivity index (χ2v) is 5.96. The van der Waals surface area contributed by atoms with Crippen molar-refractivity contribution in [3.05, 3.63) is 54.7 Å². The average molecular weight is 462 g/mol. The van der Waals surface area contributed by atoms with Crippen LogP contribution in [0.15, 0.2) is 36.4 Å². The largest absolute Gasteiger partial charge is 0.298 e. The molecule has 0 heterocycles. The summed E-state index contributed by atoms with van der Waals surface area (Å²) in [5.74, 6) is 0. The fourth-order valence-corrected chi connectivity index (χ4v) is 3.03. The van der Waals surface area contributed by atoms with Gasteiger partial charge in [-0.3, -0.25) is 9.59 Å². The van der Waals surface area contributed by atoms with Gasteiger partial charge >= 0.3 is 0 Å². The van der Waals surface area contributed by atoms with Gasteiger partial charge in [-0.25, -0.2) is 0 Å². The summed E-state index contributed by atoms with van der Waals surface area (Å²) in [6, 6.07) is 11.3. The summed E-state index contributed by atoms with van der Waals surface area (Å²) in [4.78, 5) is 22.4. The SMILES string of the molecule is O=Cc1c(I)cccc1-c1cccc(I)c1C=O. The predicted molar refractivity (Wildman–Crippen MR) is 88.1 cm³/mol. The molecule has 2 aromatic carbocycles. The van der Waals surface area contributed by atoms with Crippen molar-refractivity contribution in [2.24, 2.45) is 0 Å². The third-order valence-electron chi connectivity index (χ3n) is 2.63. The van der Waals surface area contributed by atoms with Gasteiger partial charge in [0.2, 0.25) is 0 Å². The molecular formula is C14H8I2O2. The van der Waals surface area contributed by atoms with Gasteiger partial charge in [-0.1, -0.05) is 24.3 Å². The number of benzene rings is 2. The van der Waals surface area contributed by atoms with Crippen LogP contribution in [0, 0.1) is 7.14 Å². The quantitative estimate of drug-likeness (QED) is 0.507. The van der Waals surface area contributed by atoms with Gasteiger partial charge < -0.3 is 0 Å². The van der Waals surface area contributed by atoms with Gasteiger partial charge in [0.15, 0.2) is 12.6 Å². The van der Waals surface area contributed by atoms with Crippen molar-refractivity contribution in [1.29, 1.82) is 0 Å². The second-order valence-electron chi connectivity index (χ2n) is 3.64. The number of hydrogen-bond donors (Lipinski definition) is 0. The number of hydrogen-bond acceptors (Lipinski definition) is 2. The summed E-state index contributed by atoms with van der Waals surface area (Å²) in [5, 5.41) is 0. The number of aldehydes is 2. The van der Waals surface area contributed by atoms with Gasteiger partial charge in [0.25, 0.3) is 0 Å². The molecule has 0 N–H and O–H groups in total. The maximum Gasteiger partial charge on any atom is 0.151 e. The normalized spacial score (nSPS) is 10.1. The Labute approximate surface area is 132 Å². The van der Waals surface area contributed by atoms with E-state index in [-0.39, 0.29) is 0 Å². The molecular weight excluding hydrogens is 454 g/mol. The van der Waals surface area contributed by atoms with Crippen LogP contribution in [0.2, 0.25) is 0 Å². The molecule has 0 spiro atoms. The van der Waals surface area contributed by atoms with Crippen molar-refractivity contribution in [1.82, 2.24) is 0 Å². The molecule has 0 saturated carbocycles. The van der Waals surface area contributed by atoms with Crippen LogP contribution in [0.1, 0.15) is 20.7 Å². The Balaban J connectivity index is 2.77. The monoisotopic (exact) mass is 462 g/mol. The Bertz CT molecular complexity index is 566. The molecule has 0 aliphatic rings. The highest BCUT2D eigenvalue weighted by atomic mass is 127. The minimum Gasteiger partial charge on any atom is -0.298 e. The molecule has 18 heavy (non-hydrogen) atoms. The smallest absolute Gasteiger partial charge is 0.151 e. The van der Waals surface area contributed by atoms with Crippen molar-refractivity contribution in [2.75, 3.05) is 0 Å². The Hall–Kier alpha value is -0.760. The molecule has 2 nitrogen and oxygen atoms in total. The molecule has 0 saturated heterocycles. The molecule has 0 amide bonds. The van der Waals surface area contributed by atoms with Gasteiger partial charge in [-0.15, -0.1) is 0 Å². The van der Waals surface area contributed by atoms with E-state index in [1.807, 2.05) is 36.4 Å². The molecule has 0 aliphatic heterocycles.